The van der Waals surface area contributed by atoms with E-state index >= 15 is 0 Å². The van der Waals surface area contributed by atoms with Crippen LogP contribution in [-0.2, 0) is 18.6 Å². The quantitative estimate of drug-likeness (QED) is 0.352. The highest BCUT2D eigenvalue weighted by Crippen LogP contribution is 2.36. The Morgan fingerprint density at radius 1 is 1.06 bits per heavy atom. The smallest absolute Gasteiger partial charge is 0.137 e. The number of alkyl halides is 1. The second-order valence-corrected chi connectivity index (χ2v) is 9.64. The number of aliphatic hydroxyl groups excluding tert-OH is 2. The highest BCUT2D eigenvalue weighted by atomic mass is 35.5. The predicted molar refractivity (Wildman–Crippen MR) is 133 cm³/mol. The zero-order valence-corrected chi connectivity index (χ0v) is 21.1. The van der Waals surface area contributed by atoms with E-state index < -0.39 is 6.10 Å². The maximum Gasteiger partial charge on any atom is 0.137 e. The van der Waals surface area contributed by atoms with Gasteiger partial charge in [-0.2, -0.15) is 0 Å². The molecule has 0 aliphatic heterocycles. The molecule has 0 amide bonds. The van der Waals surface area contributed by atoms with Crippen molar-refractivity contribution in [1.29, 1.82) is 0 Å². The highest BCUT2D eigenvalue weighted by Gasteiger charge is 2.24. The van der Waals surface area contributed by atoms with Crippen LogP contribution < -0.4 is 9.47 Å². The number of nitrogens with zero attached hydrogens (tertiary/aromatic N) is 3. The lowest BCUT2D eigenvalue weighted by Gasteiger charge is -2.27. The van der Waals surface area contributed by atoms with E-state index in [-0.39, 0.29) is 31.1 Å². The number of aliphatic hydroxyl groups is 2. The van der Waals surface area contributed by atoms with Gasteiger partial charge in [0, 0.05) is 17.2 Å². The highest BCUT2D eigenvalue weighted by molar-refractivity contribution is 6.32. The summed E-state index contributed by atoms with van der Waals surface area (Å²) in [7, 11) is 0. The minimum Gasteiger partial charge on any atom is -0.492 e. The topological polar surface area (TPSA) is 89.6 Å². The third-order valence-corrected chi connectivity index (χ3v) is 6.43. The van der Waals surface area contributed by atoms with Crippen molar-refractivity contribution in [2.45, 2.75) is 45.4 Å². The van der Waals surface area contributed by atoms with Crippen LogP contribution in [-0.4, -0.2) is 50.4 Å². The first kappa shape index (κ1) is 26.3. The Balaban J connectivity index is 1.59. The Labute approximate surface area is 210 Å². The van der Waals surface area contributed by atoms with E-state index in [4.69, 9.17) is 37.8 Å². The van der Waals surface area contributed by atoms with E-state index in [2.05, 4.69) is 24.2 Å². The van der Waals surface area contributed by atoms with Crippen LogP contribution in [0.25, 0.3) is 0 Å². The number of ether oxygens (including phenoxy) is 2. The van der Waals surface area contributed by atoms with Gasteiger partial charge in [0.1, 0.15) is 29.9 Å². The number of hydrogen-bond acceptors (Lipinski definition) is 6. The summed E-state index contributed by atoms with van der Waals surface area (Å²) in [5.41, 5.74) is 2.33. The molecule has 34 heavy (non-hydrogen) atoms. The third kappa shape index (κ3) is 6.85. The average molecular weight is 508 g/mol. The van der Waals surface area contributed by atoms with E-state index in [9.17, 15) is 5.11 Å². The van der Waals surface area contributed by atoms with Gasteiger partial charge in [-0.25, -0.2) is 4.68 Å². The fourth-order valence-electron chi connectivity index (χ4n) is 3.38. The summed E-state index contributed by atoms with van der Waals surface area (Å²) in [6.07, 6.45) is 0.825. The molecule has 0 radical (unpaired) electrons. The molecule has 3 aromatic rings. The van der Waals surface area contributed by atoms with Crippen molar-refractivity contribution in [3.8, 4) is 11.5 Å². The molecule has 2 N–H and O–H groups in total. The normalized spacial score (nSPS) is 13.5. The van der Waals surface area contributed by atoms with E-state index in [0.717, 1.165) is 11.1 Å². The van der Waals surface area contributed by atoms with Crippen LogP contribution in [0, 0.1) is 5.92 Å². The van der Waals surface area contributed by atoms with Crippen molar-refractivity contribution in [3.05, 3.63) is 70.5 Å². The van der Waals surface area contributed by atoms with Crippen molar-refractivity contribution in [1.82, 2.24) is 15.0 Å². The number of benzene rings is 2. The predicted octanol–water partition coefficient (Wildman–Crippen LogP) is 4.44. The van der Waals surface area contributed by atoms with Crippen LogP contribution in [0.5, 0.6) is 11.5 Å². The molecule has 0 saturated carbocycles. The molecule has 2 aromatic carbocycles. The maximum absolute atomic E-state index is 10.2. The second-order valence-electron chi connectivity index (χ2n) is 8.92. The average Bonchev–Trinajstić information content (AvgIpc) is 3.29. The molecule has 9 heteroatoms. The Morgan fingerprint density at radius 2 is 1.76 bits per heavy atom. The molecule has 0 saturated heterocycles. The lowest BCUT2D eigenvalue weighted by molar-refractivity contribution is 0.0888. The zero-order valence-electron chi connectivity index (χ0n) is 19.6. The van der Waals surface area contributed by atoms with Crippen LogP contribution in [0.4, 0.5) is 0 Å². The third-order valence-electron chi connectivity index (χ3n) is 5.60. The van der Waals surface area contributed by atoms with Crippen LogP contribution in [0.2, 0.25) is 5.02 Å². The number of aromatic nitrogens is 3. The Kier molecular flexibility index (Phi) is 9.19. The van der Waals surface area contributed by atoms with Gasteiger partial charge in [0.15, 0.2) is 0 Å². The largest absolute Gasteiger partial charge is 0.492 e. The van der Waals surface area contributed by atoms with Crippen molar-refractivity contribution in [3.63, 3.8) is 0 Å². The van der Waals surface area contributed by atoms with E-state index in [1.165, 1.54) is 4.68 Å². The summed E-state index contributed by atoms with van der Waals surface area (Å²) < 4.78 is 13.0. The molecule has 0 aliphatic carbocycles. The van der Waals surface area contributed by atoms with Crippen LogP contribution in [0.1, 0.15) is 37.6 Å². The number of halogens is 2. The molecule has 1 heterocycles. The van der Waals surface area contributed by atoms with Gasteiger partial charge in [0.2, 0.25) is 0 Å². The Hall–Kier alpha value is -2.32. The van der Waals surface area contributed by atoms with E-state index in [0.29, 0.717) is 34.7 Å². The molecule has 0 unspecified atom stereocenters. The summed E-state index contributed by atoms with van der Waals surface area (Å²) in [5.74, 6) is 2.09. The first-order valence-corrected chi connectivity index (χ1v) is 12.0. The van der Waals surface area contributed by atoms with E-state index in [1.54, 1.807) is 6.20 Å². The molecule has 7 nitrogen and oxygen atoms in total. The Morgan fingerprint density at radius 3 is 2.38 bits per heavy atom. The molecule has 0 bridgehead atoms. The summed E-state index contributed by atoms with van der Waals surface area (Å²) in [6.45, 7) is 6.95. The first-order valence-electron chi connectivity index (χ1n) is 11.1. The lowest BCUT2D eigenvalue weighted by atomic mass is 9.78. The standard InChI is InChI=1S/C25H31Cl2N3O4/c1-17(11-26)15-34-24-9-6-19(10-23(24)27)25(2,3)18-4-7-22(8-5-18)33-16-21(32)13-30-12-20(14-31)28-29-30/h4-10,12,17,21,31-32H,11,13-16H2,1-3H3/t17-,21-/m1/s1. The van der Waals surface area contributed by atoms with Crippen molar-refractivity contribution >= 4 is 23.2 Å². The maximum atomic E-state index is 10.2. The molecule has 0 spiro atoms. The van der Waals surface area contributed by atoms with Gasteiger partial charge in [-0.15, -0.1) is 16.7 Å². The van der Waals surface area contributed by atoms with Gasteiger partial charge in [0.05, 0.1) is 31.0 Å². The van der Waals surface area contributed by atoms with Gasteiger partial charge in [0.25, 0.3) is 0 Å². The van der Waals surface area contributed by atoms with Crippen molar-refractivity contribution in [2.75, 3.05) is 19.1 Å². The molecule has 1 aromatic heterocycles. The molecule has 0 aliphatic rings. The molecule has 3 rings (SSSR count). The number of hydrogen-bond donors (Lipinski definition) is 2. The number of rotatable bonds is 12. The SMILES string of the molecule is C[C@H](CCl)COc1ccc(C(C)(C)c2ccc(OC[C@H](O)Cn3cc(CO)nn3)cc2)cc1Cl. The Bertz CT molecular complexity index is 1060. The minimum atomic E-state index is -0.764. The lowest BCUT2D eigenvalue weighted by Crippen LogP contribution is -2.24. The summed E-state index contributed by atoms with van der Waals surface area (Å²) >= 11 is 12.3. The molecule has 0 fully saturated rings. The van der Waals surface area contributed by atoms with Crippen molar-refractivity contribution < 1.29 is 19.7 Å². The van der Waals surface area contributed by atoms with Gasteiger partial charge < -0.3 is 19.7 Å². The molecule has 184 valence electrons. The van der Waals surface area contributed by atoms with Gasteiger partial charge >= 0.3 is 0 Å². The molecular formula is C25H31Cl2N3O4. The van der Waals surface area contributed by atoms with Gasteiger partial charge in [-0.3, -0.25) is 0 Å². The van der Waals surface area contributed by atoms with Gasteiger partial charge in [-0.1, -0.05) is 55.8 Å². The summed E-state index contributed by atoms with van der Waals surface area (Å²) in [6, 6.07) is 13.7. The minimum absolute atomic E-state index is 0.108. The fraction of sp³-hybridized carbons (Fsp3) is 0.440. The summed E-state index contributed by atoms with van der Waals surface area (Å²) in [5, 5.41) is 27.5. The fourth-order valence-corrected chi connectivity index (χ4v) is 3.70. The van der Waals surface area contributed by atoms with Crippen LogP contribution in [0.15, 0.2) is 48.7 Å². The zero-order chi connectivity index (χ0) is 24.7. The van der Waals surface area contributed by atoms with Crippen molar-refractivity contribution in [2.24, 2.45) is 5.92 Å². The summed E-state index contributed by atoms with van der Waals surface area (Å²) in [4.78, 5) is 0. The second kappa shape index (κ2) is 11.9. The van der Waals surface area contributed by atoms with Crippen LogP contribution >= 0.6 is 23.2 Å². The molecule has 2 atom stereocenters. The van der Waals surface area contributed by atoms with Crippen LogP contribution in [0.3, 0.4) is 0 Å². The van der Waals surface area contributed by atoms with Gasteiger partial charge in [-0.05, 0) is 35.4 Å². The first-order chi connectivity index (χ1) is 16.2. The monoisotopic (exact) mass is 507 g/mol. The van der Waals surface area contributed by atoms with E-state index in [1.807, 2.05) is 49.4 Å². The molecular weight excluding hydrogens is 477 g/mol.